The van der Waals surface area contributed by atoms with Gasteiger partial charge >= 0.3 is 5.97 Å². The smallest absolute Gasteiger partial charge is 0.328 e. The van der Waals surface area contributed by atoms with E-state index in [1.54, 1.807) is 17.4 Å². The van der Waals surface area contributed by atoms with Gasteiger partial charge in [0, 0.05) is 19.2 Å². The van der Waals surface area contributed by atoms with Gasteiger partial charge < -0.3 is 10.0 Å². The van der Waals surface area contributed by atoms with Crippen LogP contribution in [0.1, 0.15) is 30.3 Å². The van der Waals surface area contributed by atoms with E-state index in [0.717, 1.165) is 28.8 Å². The van der Waals surface area contributed by atoms with Crippen LogP contribution in [0, 0.1) is 12.8 Å². The van der Waals surface area contributed by atoms with Gasteiger partial charge in [0.25, 0.3) is 0 Å². The van der Waals surface area contributed by atoms with E-state index in [1.807, 2.05) is 6.92 Å². The molecule has 1 N–H and O–H groups in total. The number of piperidine rings is 1. The van der Waals surface area contributed by atoms with Crippen LogP contribution in [0.15, 0.2) is 6.08 Å². The number of carboxylic acid groups (broad SMARTS) is 1. The number of aliphatic carboxylic acids is 1. The third-order valence-electron chi connectivity index (χ3n) is 3.13. The second-order valence-corrected chi connectivity index (χ2v) is 5.82. The van der Waals surface area contributed by atoms with Crippen molar-refractivity contribution in [1.82, 2.24) is 4.98 Å². The molecule has 2 heterocycles. The van der Waals surface area contributed by atoms with Gasteiger partial charge in [-0.1, -0.05) is 18.3 Å². The molecule has 5 heteroatoms. The molecule has 98 valence electrons. The van der Waals surface area contributed by atoms with Gasteiger partial charge in [0.15, 0.2) is 5.13 Å². The van der Waals surface area contributed by atoms with Crippen LogP contribution in [0.2, 0.25) is 0 Å². The molecule has 1 aliphatic heterocycles. The van der Waals surface area contributed by atoms with Crippen LogP contribution in [0.4, 0.5) is 5.13 Å². The minimum atomic E-state index is -0.920. The summed E-state index contributed by atoms with van der Waals surface area (Å²) in [4.78, 5) is 18.3. The van der Waals surface area contributed by atoms with E-state index < -0.39 is 5.97 Å². The standard InChI is InChI=1S/C13H18N2O2S/c1-9-4-3-7-15(8-9)13-14-10(2)11(18-13)5-6-12(16)17/h5-6,9H,3-4,7-8H2,1-2H3,(H,16,17)/b6-5+. The Morgan fingerprint density at radius 2 is 2.39 bits per heavy atom. The molecule has 18 heavy (non-hydrogen) atoms. The fourth-order valence-electron chi connectivity index (χ4n) is 2.19. The van der Waals surface area contributed by atoms with E-state index in [1.165, 1.54) is 18.9 Å². The Hall–Kier alpha value is -1.36. The summed E-state index contributed by atoms with van der Waals surface area (Å²) in [5.41, 5.74) is 0.908. The molecule has 0 aliphatic carbocycles. The molecular formula is C13H18N2O2S. The summed E-state index contributed by atoms with van der Waals surface area (Å²) in [6.07, 6.45) is 5.29. The molecule has 1 atom stereocenters. The number of carbonyl (C=O) groups is 1. The number of aryl methyl sites for hydroxylation is 1. The summed E-state index contributed by atoms with van der Waals surface area (Å²) < 4.78 is 0. The average Bonchev–Trinajstić information content (AvgIpc) is 2.68. The highest BCUT2D eigenvalue weighted by Crippen LogP contribution is 2.30. The molecule has 4 nitrogen and oxygen atoms in total. The number of hydrogen-bond donors (Lipinski definition) is 1. The zero-order valence-corrected chi connectivity index (χ0v) is 11.5. The first kappa shape index (κ1) is 13.1. The normalized spacial score (nSPS) is 20.6. The van der Waals surface area contributed by atoms with Crippen molar-refractivity contribution in [2.45, 2.75) is 26.7 Å². The maximum atomic E-state index is 10.5. The summed E-state index contributed by atoms with van der Waals surface area (Å²) >= 11 is 1.57. The molecule has 0 radical (unpaired) electrons. The van der Waals surface area contributed by atoms with Crippen LogP contribution in [-0.2, 0) is 4.79 Å². The lowest BCUT2D eigenvalue weighted by Gasteiger charge is -2.30. The minimum absolute atomic E-state index is 0.709. The number of anilines is 1. The summed E-state index contributed by atoms with van der Waals surface area (Å²) in [5.74, 6) is -0.211. The van der Waals surface area contributed by atoms with Crippen LogP contribution in [0.25, 0.3) is 6.08 Å². The summed E-state index contributed by atoms with van der Waals surface area (Å²) in [5, 5.41) is 9.66. The van der Waals surface area contributed by atoms with Crippen LogP contribution in [-0.4, -0.2) is 29.1 Å². The van der Waals surface area contributed by atoms with Crippen molar-refractivity contribution < 1.29 is 9.90 Å². The summed E-state index contributed by atoms with van der Waals surface area (Å²) in [7, 11) is 0. The Balaban J connectivity index is 2.15. The van der Waals surface area contributed by atoms with Gasteiger partial charge in [0.2, 0.25) is 0 Å². The lowest BCUT2D eigenvalue weighted by molar-refractivity contribution is -0.131. The van der Waals surface area contributed by atoms with Gasteiger partial charge in [0.1, 0.15) is 0 Å². The number of aromatic nitrogens is 1. The number of carboxylic acids is 1. The topological polar surface area (TPSA) is 53.4 Å². The van der Waals surface area contributed by atoms with Crippen molar-refractivity contribution in [3.05, 3.63) is 16.6 Å². The van der Waals surface area contributed by atoms with Crippen molar-refractivity contribution in [2.75, 3.05) is 18.0 Å². The van der Waals surface area contributed by atoms with Crippen molar-refractivity contribution in [3.8, 4) is 0 Å². The van der Waals surface area contributed by atoms with Crippen LogP contribution in [0.3, 0.4) is 0 Å². The van der Waals surface area contributed by atoms with E-state index >= 15 is 0 Å². The molecule has 0 aromatic carbocycles. The first-order valence-electron chi connectivity index (χ1n) is 6.19. The molecule has 0 saturated carbocycles. The molecule has 1 aliphatic rings. The van der Waals surface area contributed by atoms with Crippen molar-refractivity contribution in [2.24, 2.45) is 5.92 Å². The summed E-state index contributed by atoms with van der Waals surface area (Å²) in [6.45, 7) is 6.29. The Morgan fingerprint density at radius 3 is 3.06 bits per heavy atom. The largest absolute Gasteiger partial charge is 0.478 e. The second kappa shape index (κ2) is 5.52. The van der Waals surface area contributed by atoms with E-state index in [2.05, 4.69) is 16.8 Å². The molecular weight excluding hydrogens is 248 g/mol. The van der Waals surface area contributed by atoms with E-state index in [0.29, 0.717) is 5.92 Å². The van der Waals surface area contributed by atoms with Gasteiger partial charge in [-0.3, -0.25) is 0 Å². The Morgan fingerprint density at radius 1 is 1.61 bits per heavy atom. The third-order valence-corrected chi connectivity index (χ3v) is 4.31. The monoisotopic (exact) mass is 266 g/mol. The number of nitrogens with zero attached hydrogens (tertiary/aromatic N) is 2. The van der Waals surface area contributed by atoms with Crippen LogP contribution < -0.4 is 4.90 Å². The predicted molar refractivity (Wildman–Crippen MR) is 74.1 cm³/mol. The molecule has 0 spiro atoms. The summed E-state index contributed by atoms with van der Waals surface area (Å²) in [6, 6.07) is 0. The van der Waals surface area contributed by atoms with Gasteiger partial charge in [-0.2, -0.15) is 0 Å². The molecule has 2 rings (SSSR count). The van der Waals surface area contributed by atoms with Crippen LogP contribution in [0.5, 0.6) is 0 Å². The van der Waals surface area contributed by atoms with Crippen LogP contribution >= 0.6 is 11.3 Å². The van der Waals surface area contributed by atoms with Gasteiger partial charge in [-0.25, -0.2) is 9.78 Å². The van der Waals surface area contributed by atoms with Gasteiger partial charge in [0.05, 0.1) is 10.6 Å². The van der Waals surface area contributed by atoms with Gasteiger partial charge in [-0.05, 0) is 31.8 Å². The highest BCUT2D eigenvalue weighted by atomic mass is 32.1. The average molecular weight is 266 g/mol. The van der Waals surface area contributed by atoms with Crippen molar-refractivity contribution in [1.29, 1.82) is 0 Å². The number of thiazole rings is 1. The minimum Gasteiger partial charge on any atom is -0.478 e. The Kier molecular flexibility index (Phi) is 4.01. The van der Waals surface area contributed by atoms with E-state index in [-0.39, 0.29) is 0 Å². The number of hydrogen-bond acceptors (Lipinski definition) is 4. The molecule has 1 aromatic rings. The van der Waals surface area contributed by atoms with Crippen molar-refractivity contribution in [3.63, 3.8) is 0 Å². The lowest BCUT2D eigenvalue weighted by atomic mass is 10.0. The second-order valence-electron chi connectivity index (χ2n) is 4.81. The van der Waals surface area contributed by atoms with Gasteiger partial charge in [-0.15, -0.1) is 0 Å². The fraction of sp³-hybridized carbons (Fsp3) is 0.538. The molecule has 1 fully saturated rings. The Bertz CT molecular complexity index is 468. The molecule has 1 saturated heterocycles. The van der Waals surface area contributed by atoms with Crippen molar-refractivity contribution >= 4 is 28.5 Å². The zero-order valence-electron chi connectivity index (χ0n) is 10.7. The molecule has 0 bridgehead atoms. The fourth-order valence-corrected chi connectivity index (χ4v) is 3.20. The maximum Gasteiger partial charge on any atom is 0.328 e. The molecule has 1 unspecified atom stereocenters. The first-order valence-corrected chi connectivity index (χ1v) is 7.01. The van der Waals surface area contributed by atoms with E-state index in [4.69, 9.17) is 5.11 Å². The first-order chi connectivity index (χ1) is 8.56. The molecule has 1 aromatic heterocycles. The third kappa shape index (κ3) is 3.10. The molecule has 0 amide bonds. The predicted octanol–water partition coefficient (Wildman–Crippen LogP) is 2.79. The highest BCUT2D eigenvalue weighted by molar-refractivity contribution is 7.16. The SMILES string of the molecule is Cc1nc(N2CCCC(C)C2)sc1/C=C/C(=O)O. The quantitative estimate of drug-likeness (QED) is 0.855. The number of rotatable bonds is 3. The Labute approximate surface area is 111 Å². The maximum absolute atomic E-state index is 10.5. The zero-order chi connectivity index (χ0) is 13.1. The van der Waals surface area contributed by atoms with E-state index in [9.17, 15) is 4.79 Å². The highest BCUT2D eigenvalue weighted by Gasteiger charge is 2.19. The lowest BCUT2D eigenvalue weighted by Crippen LogP contribution is -2.34.